The minimum absolute atomic E-state index is 0.154. The van der Waals surface area contributed by atoms with Crippen molar-refractivity contribution >= 4 is 38.1 Å². The molecule has 5 nitrogen and oxygen atoms in total. The predicted molar refractivity (Wildman–Crippen MR) is 97.1 cm³/mol. The molecular weight excluding hydrogens is 350 g/mol. The number of hydrogen-bond donors (Lipinski definition) is 1. The lowest BCUT2D eigenvalue weighted by molar-refractivity contribution is 0.595. The van der Waals surface area contributed by atoms with Crippen LogP contribution >= 0.6 is 23.1 Å². The molecule has 0 saturated heterocycles. The molecule has 1 aromatic heterocycles. The van der Waals surface area contributed by atoms with Crippen LogP contribution in [0.5, 0.6) is 0 Å². The minimum Gasteiger partial charge on any atom is -0.360 e. The third-order valence-corrected chi connectivity index (χ3v) is 6.87. The molecule has 0 fully saturated rings. The Hall–Kier alpha value is -1.12. The molecule has 0 aliphatic heterocycles. The van der Waals surface area contributed by atoms with Crippen LogP contribution in [0.3, 0.4) is 0 Å². The molecule has 23 heavy (non-hydrogen) atoms. The summed E-state index contributed by atoms with van der Waals surface area (Å²) in [5, 5.41) is 12.2. The first-order valence-corrected chi connectivity index (χ1v) is 10.9. The van der Waals surface area contributed by atoms with Gasteiger partial charge >= 0.3 is 0 Å². The molecule has 0 atom stereocenters. The second kappa shape index (κ2) is 8.65. The molecule has 2 aromatic rings. The van der Waals surface area contributed by atoms with Crippen LogP contribution in [0.4, 0.5) is 5.13 Å². The van der Waals surface area contributed by atoms with Gasteiger partial charge in [-0.25, -0.2) is 8.42 Å². The average Bonchev–Trinajstić information content (AvgIpc) is 2.98. The standard InChI is InChI=1S/C15H21N3O2S3/c1-12(2)11-16-14-17-18-15(22-14)21-9-6-10-23(19,20)13-7-4-3-5-8-13/h3-5,7-8,12H,6,9-11H2,1-2H3,(H,16,17). The Kier molecular flexibility index (Phi) is 6.86. The van der Waals surface area contributed by atoms with Crippen molar-refractivity contribution in [2.75, 3.05) is 23.4 Å². The summed E-state index contributed by atoms with van der Waals surface area (Å²) < 4.78 is 25.2. The van der Waals surface area contributed by atoms with Crippen molar-refractivity contribution in [2.24, 2.45) is 5.92 Å². The molecule has 0 bridgehead atoms. The van der Waals surface area contributed by atoms with Crippen molar-refractivity contribution in [3.05, 3.63) is 30.3 Å². The van der Waals surface area contributed by atoms with Gasteiger partial charge in [-0.1, -0.05) is 55.1 Å². The summed E-state index contributed by atoms with van der Waals surface area (Å²) in [5.41, 5.74) is 0. The lowest BCUT2D eigenvalue weighted by Gasteiger charge is -2.04. The van der Waals surface area contributed by atoms with Crippen LogP contribution in [0.15, 0.2) is 39.6 Å². The number of thioether (sulfide) groups is 1. The lowest BCUT2D eigenvalue weighted by atomic mass is 10.2. The maximum Gasteiger partial charge on any atom is 0.206 e. The Morgan fingerprint density at radius 2 is 1.96 bits per heavy atom. The minimum atomic E-state index is -3.19. The smallest absolute Gasteiger partial charge is 0.206 e. The number of nitrogens with zero attached hydrogens (tertiary/aromatic N) is 2. The molecule has 126 valence electrons. The summed E-state index contributed by atoms with van der Waals surface area (Å²) >= 11 is 3.06. The Bertz CT molecular complexity index is 700. The number of anilines is 1. The van der Waals surface area contributed by atoms with Gasteiger partial charge in [0.25, 0.3) is 0 Å². The van der Waals surface area contributed by atoms with E-state index < -0.39 is 9.84 Å². The van der Waals surface area contributed by atoms with Crippen molar-refractivity contribution < 1.29 is 8.42 Å². The topological polar surface area (TPSA) is 72.0 Å². The highest BCUT2D eigenvalue weighted by Gasteiger charge is 2.13. The van der Waals surface area contributed by atoms with Gasteiger partial charge < -0.3 is 5.32 Å². The van der Waals surface area contributed by atoms with Gasteiger partial charge in [-0.2, -0.15) is 0 Å². The van der Waals surface area contributed by atoms with Gasteiger partial charge in [0.15, 0.2) is 14.2 Å². The Balaban J connectivity index is 1.75. The molecule has 0 radical (unpaired) electrons. The largest absolute Gasteiger partial charge is 0.360 e. The summed E-state index contributed by atoms with van der Waals surface area (Å²) in [6.07, 6.45) is 0.593. The number of nitrogens with one attached hydrogen (secondary N) is 1. The maximum atomic E-state index is 12.2. The van der Waals surface area contributed by atoms with E-state index in [2.05, 4.69) is 29.4 Å². The van der Waals surface area contributed by atoms with E-state index in [1.807, 2.05) is 6.07 Å². The summed E-state index contributed by atoms with van der Waals surface area (Å²) in [6, 6.07) is 8.58. The Labute approximate surface area is 145 Å². The van der Waals surface area contributed by atoms with Crippen LogP contribution in [-0.4, -0.2) is 36.7 Å². The van der Waals surface area contributed by atoms with E-state index in [4.69, 9.17) is 0 Å². The second-order valence-corrected chi connectivity index (χ2v) is 9.91. The fraction of sp³-hybridized carbons (Fsp3) is 0.467. The van der Waals surface area contributed by atoms with Crippen LogP contribution in [0, 0.1) is 5.92 Å². The molecule has 8 heteroatoms. The predicted octanol–water partition coefficient (Wildman–Crippen LogP) is 3.56. The number of aromatic nitrogens is 2. The molecule has 0 unspecified atom stereocenters. The fourth-order valence-corrected chi connectivity index (χ4v) is 5.07. The zero-order valence-electron chi connectivity index (χ0n) is 13.2. The summed E-state index contributed by atoms with van der Waals surface area (Å²) in [4.78, 5) is 0.390. The lowest BCUT2D eigenvalue weighted by Crippen LogP contribution is -2.07. The van der Waals surface area contributed by atoms with Crippen molar-refractivity contribution in [2.45, 2.75) is 29.5 Å². The normalized spacial score (nSPS) is 11.8. The number of hydrogen-bond acceptors (Lipinski definition) is 7. The first-order chi connectivity index (χ1) is 11.0. The molecule has 0 spiro atoms. The maximum absolute atomic E-state index is 12.2. The van der Waals surface area contributed by atoms with Gasteiger partial charge in [-0.15, -0.1) is 10.2 Å². The quantitative estimate of drug-likeness (QED) is 0.537. The van der Waals surface area contributed by atoms with E-state index in [1.54, 1.807) is 36.0 Å². The van der Waals surface area contributed by atoms with Crippen molar-refractivity contribution in [1.29, 1.82) is 0 Å². The molecule has 0 saturated carbocycles. The molecule has 0 amide bonds. The van der Waals surface area contributed by atoms with Crippen LogP contribution in [0.1, 0.15) is 20.3 Å². The summed E-state index contributed by atoms with van der Waals surface area (Å²) in [5.74, 6) is 1.42. The molecular formula is C15H21N3O2S3. The fourth-order valence-electron chi connectivity index (χ4n) is 1.79. The van der Waals surface area contributed by atoms with Gasteiger partial charge in [-0.3, -0.25) is 0 Å². The van der Waals surface area contributed by atoms with Gasteiger partial charge in [0, 0.05) is 12.3 Å². The van der Waals surface area contributed by atoms with Gasteiger partial charge in [0.1, 0.15) is 0 Å². The number of benzene rings is 1. The van der Waals surface area contributed by atoms with Crippen molar-refractivity contribution in [3.63, 3.8) is 0 Å². The van der Waals surface area contributed by atoms with Crippen molar-refractivity contribution in [1.82, 2.24) is 10.2 Å². The van der Waals surface area contributed by atoms with Crippen LogP contribution in [0.25, 0.3) is 0 Å². The van der Waals surface area contributed by atoms with E-state index >= 15 is 0 Å². The first kappa shape index (κ1) is 18.2. The van der Waals surface area contributed by atoms with Crippen LogP contribution < -0.4 is 5.32 Å². The summed E-state index contributed by atoms with van der Waals surface area (Å²) in [7, 11) is -3.19. The van der Waals surface area contributed by atoms with E-state index in [9.17, 15) is 8.42 Å². The van der Waals surface area contributed by atoms with Crippen LogP contribution in [-0.2, 0) is 9.84 Å². The Morgan fingerprint density at radius 3 is 2.65 bits per heavy atom. The van der Waals surface area contributed by atoms with Crippen molar-refractivity contribution in [3.8, 4) is 0 Å². The van der Waals surface area contributed by atoms with E-state index in [0.29, 0.717) is 23.0 Å². The highest BCUT2D eigenvalue weighted by molar-refractivity contribution is 8.01. The second-order valence-electron chi connectivity index (χ2n) is 5.48. The molecule has 1 N–H and O–H groups in total. The first-order valence-electron chi connectivity index (χ1n) is 7.45. The number of rotatable bonds is 9. The Morgan fingerprint density at radius 1 is 1.22 bits per heavy atom. The monoisotopic (exact) mass is 371 g/mol. The molecule has 0 aliphatic carbocycles. The zero-order valence-corrected chi connectivity index (χ0v) is 15.7. The SMILES string of the molecule is CC(C)CNc1nnc(SCCCS(=O)(=O)c2ccccc2)s1. The summed E-state index contributed by atoms with van der Waals surface area (Å²) in [6.45, 7) is 5.14. The highest BCUT2D eigenvalue weighted by Crippen LogP contribution is 2.26. The third-order valence-electron chi connectivity index (χ3n) is 2.95. The molecule has 1 heterocycles. The van der Waals surface area contributed by atoms with Crippen LogP contribution in [0.2, 0.25) is 0 Å². The molecule has 2 rings (SSSR count). The third kappa shape index (κ3) is 6.12. The average molecular weight is 372 g/mol. The number of sulfone groups is 1. The van der Waals surface area contributed by atoms with Gasteiger partial charge in [0.05, 0.1) is 10.6 Å². The van der Waals surface area contributed by atoms with Gasteiger partial charge in [0.2, 0.25) is 5.13 Å². The molecule has 1 aromatic carbocycles. The zero-order chi connectivity index (χ0) is 16.7. The van der Waals surface area contributed by atoms with E-state index in [-0.39, 0.29) is 5.75 Å². The van der Waals surface area contributed by atoms with Gasteiger partial charge in [-0.05, 0) is 24.5 Å². The van der Waals surface area contributed by atoms with E-state index in [1.165, 1.54) is 11.3 Å². The van der Waals surface area contributed by atoms with E-state index in [0.717, 1.165) is 16.0 Å². The molecule has 0 aliphatic rings. The highest BCUT2D eigenvalue weighted by atomic mass is 32.2.